The van der Waals surface area contributed by atoms with E-state index in [0.29, 0.717) is 17.7 Å². The van der Waals surface area contributed by atoms with Crippen LogP contribution in [0.5, 0.6) is 0 Å². The molecule has 5 heteroatoms. The van der Waals surface area contributed by atoms with Gasteiger partial charge in [0.25, 0.3) is 0 Å². The van der Waals surface area contributed by atoms with Gasteiger partial charge in [-0.3, -0.25) is 0 Å². The normalized spacial score (nSPS) is 24.1. The number of hydrogen-bond acceptors (Lipinski definition) is 4. The van der Waals surface area contributed by atoms with Crippen LogP contribution in [0.4, 0.5) is 0 Å². The van der Waals surface area contributed by atoms with E-state index in [0.717, 1.165) is 30.7 Å². The number of ether oxygens (including phenoxy) is 1. The van der Waals surface area contributed by atoms with Crippen molar-refractivity contribution in [2.45, 2.75) is 38.0 Å². The summed E-state index contributed by atoms with van der Waals surface area (Å²) in [6.07, 6.45) is 3.67. The molecule has 1 saturated carbocycles. The van der Waals surface area contributed by atoms with Gasteiger partial charge in [-0.15, -0.1) is 11.3 Å². The number of methoxy groups -OCH3 is 1. The molecule has 1 fully saturated rings. The van der Waals surface area contributed by atoms with E-state index in [2.05, 4.69) is 5.32 Å². The third-order valence-corrected chi connectivity index (χ3v) is 4.12. The first-order valence-corrected chi connectivity index (χ1v) is 6.64. The molecule has 2 rings (SSSR count). The maximum atomic E-state index is 10.7. The summed E-state index contributed by atoms with van der Waals surface area (Å²) in [5, 5.41) is 14.0. The number of carbonyl (C=O) groups is 1. The highest BCUT2D eigenvalue weighted by Crippen LogP contribution is 2.22. The lowest BCUT2D eigenvalue weighted by atomic mass is 10.2. The van der Waals surface area contributed by atoms with Crippen LogP contribution in [0.3, 0.4) is 0 Å². The van der Waals surface area contributed by atoms with Gasteiger partial charge in [-0.05, 0) is 25.3 Å². The molecule has 1 aliphatic rings. The monoisotopic (exact) mass is 255 g/mol. The fourth-order valence-corrected chi connectivity index (χ4v) is 2.98. The molecule has 17 heavy (non-hydrogen) atoms. The van der Waals surface area contributed by atoms with E-state index in [1.54, 1.807) is 18.6 Å². The average Bonchev–Trinajstić information content (AvgIpc) is 2.95. The first-order chi connectivity index (χ1) is 8.19. The van der Waals surface area contributed by atoms with Crippen LogP contribution in [-0.4, -0.2) is 30.3 Å². The van der Waals surface area contributed by atoms with Gasteiger partial charge in [-0.2, -0.15) is 0 Å². The lowest BCUT2D eigenvalue weighted by molar-refractivity contribution is 0.0697. The zero-order chi connectivity index (χ0) is 12.3. The molecule has 0 aliphatic heterocycles. The van der Waals surface area contributed by atoms with Gasteiger partial charge in [0.15, 0.2) is 0 Å². The molecular formula is C12H17NO3S. The Morgan fingerprint density at radius 2 is 2.47 bits per heavy atom. The molecule has 4 nitrogen and oxygen atoms in total. The smallest absolute Gasteiger partial charge is 0.336 e. The minimum Gasteiger partial charge on any atom is -0.478 e. The topological polar surface area (TPSA) is 58.6 Å². The molecular weight excluding hydrogens is 238 g/mol. The van der Waals surface area contributed by atoms with Crippen molar-refractivity contribution < 1.29 is 14.6 Å². The molecule has 0 bridgehead atoms. The van der Waals surface area contributed by atoms with Crippen LogP contribution in [0.1, 0.15) is 34.5 Å². The summed E-state index contributed by atoms with van der Waals surface area (Å²) in [7, 11) is 1.76. The van der Waals surface area contributed by atoms with Crippen molar-refractivity contribution in [3.05, 3.63) is 21.9 Å². The zero-order valence-electron chi connectivity index (χ0n) is 9.81. The van der Waals surface area contributed by atoms with Crippen molar-refractivity contribution in [1.82, 2.24) is 5.32 Å². The average molecular weight is 255 g/mol. The second-order valence-electron chi connectivity index (χ2n) is 4.36. The molecule has 1 heterocycles. The van der Waals surface area contributed by atoms with Gasteiger partial charge in [0.2, 0.25) is 0 Å². The van der Waals surface area contributed by atoms with Crippen molar-refractivity contribution in [1.29, 1.82) is 0 Å². The second-order valence-corrected chi connectivity index (χ2v) is 5.35. The minimum atomic E-state index is -0.854. The van der Waals surface area contributed by atoms with Crippen molar-refractivity contribution in [2.24, 2.45) is 0 Å². The van der Waals surface area contributed by atoms with E-state index in [1.807, 2.05) is 0 Å². The van der Waals surface area contributed by atoms with Gasteiger partial charge in [-0.1, -0.05) is 0 Å². The predicted molar refractivity (Wildman–Crippen MR) is 66.6 cm³/mol. The van der Waals surface area contributed by atoms with E-state index in [1.165, 1.54) is 11.3 Å². The Bertz CT molecular complexity index is 391. The van der Waals surface area contributed by atoms with Crippen LogP contribution in [-0.2, 0) is 11.3 Å². The fourth-order valence-electron chi connectivity index (χ4n) is 2.17. The predicted octanol–water partition coefficient (Wildman–Crippen LogP) is 2.10. The summed E-state index contributed by atoms with van der Waals surface area (Å²) in [5.41, 5.74) is 0.382. The zero-order valence-corrected chi connectivity index (χ0v) is 10.6. The Morgan fingerprint density at radius 1 is 1.65 bits per heavy atom. The standard InChI is InChI=1S/C12H17NO3S/c1-16-10-3-2-9(5-10)13-6-11-4-8(7-17-11)12(14)15/h4,7,9-10,13H,2-3,5-6H2,1H3,(H,14,15). The van der Waals surface area contributed by atoms with Crippen LogP contribution in [0.15, 0.2) is 11.4 Å². The third kappa shape index (κ3) is 3.28. The molecule has 1 aromatic rings. The molecule has 0 amide bonds. The third-order valence-electron chi connectivity index (χ3n) is 3.18. The first-order valence-electron chi connectivity index (χ1n) is 5.76. The number of hydrogen-bond donors (Lipinski definition) is 2. The van der Waals surface area contributed by atoms with E-state index in [-0.39, 0.29) is 0 Å². The minimum absolute atomic E-state index is 0.380. The maximum Gasteiger partial charge on any atom is 0.336 e. The highest BCUT2D eigenvalue weighted by atomic mass is 32.1. The number of carboxylic acids is 1. The van der Waals surface area contributed by atoms with E-state index < -0.39 is 5.97 Å². The summed E-state index contributed by atoms with van der Waals surface area (Å²) < 4.78 is 5.31. The van der Waals surface area contributed by atoms with Crippen LogP contribution in [0.25, 0.3) is 0 Å². The molecule has 2 atom stereocenters. The van der Waals surface area contributed by atoms with Crippen molar-refractivity contribution in [3.63, 3.8) is 0 Å². The van der Waals surface area contributed by atoms with Gasteiger partial charge in [0.05, 0.1) is 11.7 Å². The lowest BCUT2D eigenvalue weighted by Crippen LogP contribution is -2.26. The SMILES string of the molecule is COC1CCC(NCc2cc(C(=O)O)cs2)C1. The molecule has 1 aliphatic carbocycles. The number of rotatable bonds is 5. The number of thiophene rings is 1. The van der Waals surface area contributed by atoms with Gasteiger partial charge in [0.1, 0.15) is 0 Å². The van der Waals surface area contributed by atoms with Crippen molar-refractivity contribution in [3.8, 4) is 0 Å². The first kappa shape index (κ1) is 12.5. The molecule has 2 unspecified atom stereocenters. The number of aromatic carboxylic acids is 1. The highest BCUT2D eigenvalue weighted by Gasteiger charge is 2.23. The molecule has 0 aromatic carbocycles. The van der Waals surface area contributed by atoms with Gasteiger partial charge < -0.3 is 15.2 Å². The molecule has 0 spiro atoms. The van der Waals surface area contributed by atoms with Gasteiger partial charge >= 0.3 is 5.97 Å². The Kier molecular flexibility index (Phi) is 4.15. The van der Waals surface area contributed by atoms with E-state index in [4.69, 9.17) is 9.84 Å². The van der Waals surface area contributed by atoms with Crippen molar-refractivity contribution >= 4 is 17.3 Å². The molecule has 0 radical (unpaired) electrons. The lowest BCUT2D eigenvalue weighted by Gasteiger charge is -2.11. The largest absolute Gasteiger partial charge is 0.478 e. The van der Waals surface area contributed by atoms with Crippen LogP contribution in [0, 0.1) is 0 Å². The van der Waals surface area contributed by atoms with E-state index in [9.17, 15) is 4.79 Å². The maximum absolute atomic E-state index is 10.7. The van der Waals surface area contributed by atoms with Crippen molar-refractivity contribution in [2.75, 3.05) is 7.11 Å². The summed E-state index contributed by atoms with van der Waals surface area (Å²) in [4.78, 5) is 11.8. The molecule has 0 saturated heterocycles. The quantitative estimate of drug-likeness (QED) is 0.846. The number of nitrogens with one attached hydrogen (secondary N) is 1. The summed E-state index contributed by atoms with van der Waals surface area (Å²) in [5.74, 6) is -0.854. The Morgan fingerprint density at radius 3 is 3.06 bits per heavy atom. The Balaban J connectivity index is 1.80. The Hall–Kier alpha value is -0.910. The molecule has 1 aromatic heterocycles. The van der Waals surface area contributed by atoms with Crippen LogP contribution < -0.4 is 5.32 Å². The second kappa shape index (κ2) is 5.62. The summed E-state index contributed by atoms with van der Waals surface area (Å²) in [6, 6.07) is 2.23. The number of carboxylic acid groups (broad SMARTS) is 1. The highest BCUT2D eigenvalue weighted by molar-refractivity contribution is 7.10. The van der Waals surface area contributed by atoms with E-state index >= 15 is 0 Å². The fraction of sp³-hybridized carbons (Fsp3) is 0.583. The summed E-state index contributed by atoms with van der Waals surface area (Å²) >= 11 is 1.49. The van der Waals surface area contributed by atoms with Crippen LogP contribution >= 0.6 is 11.3 Å². The van der Waals surface area contributed by atoms with Crippen LogP contribution in [0.2, 0.25) is 0 Å². The van der Waals surface area contributed by atoms with Gasteiger partial charge in [-0.25, -0.2) is 4.79 Å². The van der Waals surface area contributed by atoms with Gasteiger partial charge in [0, 0.05) is 30.0 Å². The molecule has 94 valence electrons. The Labute approximate surface area is 105 Å². The summed E-state index contributed by atoms with van der Waals surface area (Å²) in [6.45, 7) is 0.749. The molecule has 2 N–H and O–H groups in total.